The lowest BCUT2D eigenvalue weighted by Gasteiger charge is -2.14. The molecule has 0 spiro atoms. The highest BCUT2D eigenvalue weighted by atomic mass is 35.5. The molecule has 0 aliphatic carbocycles. The number of benzene rings is 2. The Morgan fingerprint density at radius 1 is 0.957 bits per heavy atom. The van der Waals surface area contributed by atoms with Gasteiger partial charge in [0.2, 0.25) is 0 Å². The fraction of sp³-hybridized carbons (Fsp3) is 0.176. The fourth-order valence-electron chi connectivity index (χ4n) is 2.42. The van der Waals surface area contributed by atoms with Gasteiger partial charge in [0.15, 0.2) is 0 Å². The molecule has 23 heavy (non-hydrogen) atoms. The largest absolute Gasteiger partial charge is 0.375 e. The second kappa shape index (κ2) is 6.71. The molecule has 0 aromatic heterocycles. The summed E-state index contributed by atoms with van der Waals surface area (Å²) in [5, 5.41) is 1.09. The predicted molar refractivity (Wildman–Crippen MR) is 87.9 cm³/mol. The highest BCUT2D eigenvalue weighted by Gasteiger charge is 2.34. The van der Waals surface area contributed by atoms with Gasteiger partial charge in [0, 0.05) is 10.0 Å². The first-order chi connectivity index (χ1) is 11.1. The Hall–Kier alpha value is -1.88. The lowest BCUT2D eigenvalue weighted by Crippen LogP contribution is -2.33. The van der Waals surface area contributed by atoms with Crippen LogP contribution in [-0.4, -0.2) is 29.9 Å². The van der Waals surface area contributed by atoms with Crippen molar-refractivity contribution in [3.8, 4) is 0 Å². The maximum atomic E-state index is 12.2. The van der Waals surface area contributed by atoms with Gasteiger partial charge >= 0.3 is 0 Å². The summed E-state index contributed by atoms with van der Waals surface area (Å²) >= 11 is 11.9. The Kier molecular flexibility index (Phi) is 4.66. The summed E-state index contributed by atoms with van der Waals surface area (Å²) in [6, 6.07) is 12.0. The molecule has 1 heterocycles. The van der Waals surface area contributed by atoms with Gasteiger partial charge in [0.1, 0.15) is 0 Å². The van der Waals surface area contributed by atoms with E-state index in [1.165, 1.54) is 4.90 Å². The number of halogens is 2. The first-order valence-electron chi connectivity index (χ1n) is 7.05. The summed E-state index contributed by atoms with van der Waals surface area (Å²) < 4.78 is 5.52. The molecule has 1 aliphatic rings. The molecular weight excluding hydrogens is 337 g/mol. The smallest absolute Gasteiger partial charge is 0.261 e. The second-order valence-corrected chi connectivity index (χ2v) is 5.94. The van der Waals surface area contributed by atoms with E-state index in [9.17, 15) is 9.59 Å². The Labute approximate surface area is 143 Å². The van der Waals surface area contributed by atoms with Crippen LogP contribution in [0.25, 0.3) is 0 Å². The number of hydrogen-bond acceptors (Lipinski definition) is 3. The molecule has 1 aliphatic heterocycles. The monoisotopic (exact) mass is 349 g/mol. The van der Waals surface area contributed by atoms with Crippen molar-refractivity contribution >= 4 is 35.0 Å². The number of ether oxygens (including phenoxy) is 1. The Morgan fingerprint density at radius 2 is 1.61 bits per heavy atom. The van der Waals surface area contributed by atoms with E-state index in [0.717, 1.165) is 5.56 Å². The molecule has 0 atom stereocenters. The molecule has 0 unspecified atom stereocenters. The molecule has 6 heteroatoms. The zero-order chi connectivity index (χ0) is 16.4. The van der Waals surface area contributed by atoms with Gasteiger partial charge in [-0.25, -0.2) is 0 Å². The van der Waals surface area contributed by atoms with Gasteiger partial charge in [-0.2, -0.15) is 0 Å². The average Bonchev–Trinajstić information content (AvgIpc) is 2.78. The van der Waals surface area contributed by atoms with Crippen LogP contribution >= 0.6 is 23.2 Å². The maximum absolute atomic E-state index is 12.2. The maximum Gasteiger partial charge on any atom is 0.261 e. The Balaban J connectivity index is 1.56. The van der Waals surface area contributed by atoms with Crippen molar-refractivity contribution in [2.24, 2.45) is 0 Å². The van der Waals surface area contributed by atoms with E-state index in [1.54, 1.807) is 42.5 Å². The first-order valence-corrected chi connectivity index (χ1v) is 7.80. The minimum absolute atomic E-state index is 0.206. The molecule has 0 bridgehead atoms. The normalized spacial score (nSPS) is 13.6. The van der Waals surface area contributed by atoms with Crippen LogP contribution in [0.3, 0.4) is 0 Å². The lowest BCUT2D eigenvalue weighted by atomic mass is 10.1. The van der Waals surface area contributed by atoms with E-state index in [2.05, 4.69) is 0 Å². The predicted octanol–water partition coefficient (Wildman–Crippen LogP) is 3.81. The molecule has 0 radical (unpaired) electrons. The van der Waals surface area contributed by atoms with Crippen molar-refractivity contribution in [2.75, 3.05) is 13.2 Å². The van der Waals surface area contributed by atoms with E-state index < -0.39 is 0 Å². The summed E-state index contributed by atoms with van der Waals surface area (Å²) in [5.74, 6) is -0.558. The molecule has 3 rings (SSSR count). The van der Waals surface area contributed by atoms with Crippen LogP contribution in [0.15, 0.2) is 42.5 Å². The van der Waals surface area contributed by atoms with E-state index in [1.807, 2.05) is 0 Å². The number of carbonyl (C=O) groups is 2. The first kappa shape index (κ1) is 16.0. The molecule has 0 fully saturated rings. The molecule has 2 aromatic carbocycles. The van der Waals surface area contributed by atoms with E-state index in [4.69, 9.17) is 27.9 Å². The third-order valence-electron chi connectivity index (χ3n) is 3.61. The number of nitrogens with zero attached hydrogens (tertiary/aromatic N) is 1. The van der Waals surface area contributed by atoms with E-state index in [0.29, 0.717) is 27.8 Å². The van der Waals surface area contributed by atoms with Crippen LogP contribution in [0.2, 0.25) is 10.0 Å². The quantitative estimate of drug-likeness (QED) is 0.609. The lowest BCUT2D eigenvalue weighted by molar-refractivity contribution is 0.0545. The van der Waals surface area contributed by atoms with Crippen molar-refractivity contribution in [1.29, 1.82) is 0 Å². The molecule has 2 aromatic rings. The number of hydrogen-bond donors (Lipinski definition) is 0. The fourth-order valence-corrected chi connectivity index (χ4v) is 2.88. The zero-order valence-electron chi connectivity index (χ0n) is 12.1. The summed E-state index contributed by atoms with van der Waals surface area (Å²) in [4.78, 5) is 25.6. The highest BCUT2D eigenvalue weighted by Crippen LogP contribution is 2.23. The van der Waals surface area contributed by atoms with Crippen LogP contribution in [-0.2, 0) is 11.3 Å². The number of imide groups is 1. The van der Waals surface area contributed by atoms with E-state index in [-0.39, 0.29) is 25.0 Å². The van der Waals surface area contributed by atoms with Gasteiger partial charge in [-0.3, -0.25) is 14.5 Å². The van der Waals surface area contributed by atoms with Crippen molar-refractivity contribution < 1.29 is 14.3 Å². The van der Waals surface area contributed by atoms with Crippen molar-refractivity contribution in [3.63, 3.8) is 0 Å². The third kappa shape index (κ3) is 3.24. The molecule has 0 N–H and O–H groups in total. The minimum atomic E-state index is -0.279. The van der Waals surface area contributed by atoms with Crippen molar-refractivity contribution in [2.45, 2.75) is 6.61 Å². The Bertz CT molecular complexity index is 741. The number of amides is 2. The van der Waals surface area contributed by atoms with Crippen LogP contribution < -0.4 is 0 Å². The summed E-state index contributed by atoms with van der Waals surface area (Å²) in [6.07, 6.45) is 0. The van der Waals surface area contributed by atoms with Crippen LogP contribution in [0.5, 0.6) is 0 Å². The Morgan fingerprint density at radius 3 is 2.22 bits per heavy atom. The summed E-state index contributed by atoms with van der Waals surface area (Å²) in [6.45, 7) is 0.737. The SMILES string of the molecule is O=C1c2ccccc2C(=O)N1CCOCc1ccc(Cl)cc1Cl. The minimum Gasteiger partial charge on any atom is -0.375 e. The number of fused-ring (bicyclic) bond motifs is 1. The van der Waals surface area contributed by atoms with Crippen LogP contribution in [0, 0.1) is 0 Å². The van der Waals surface area contributed by atoms with Crippen molar-refractivity contribution in [1.82, 2.24) is 4.90 Å². The molecule has 0 saturated carbocycles. The second-order valence-electron chi connectivity index (χ2n) is 5.10. The molecular formula is C17H13Cl2NO3. The molecule has 2 amide bonds. The van der Waals surface area contributed by atoms with Crippen LogP contribution in [0.4, 0.5) is 0 Å². The topological polar surface area (TPSA) is 46.6 Å². The highest BCUT2D eigenvalue weighted by molar-refractivity contribution is 6.35. The summed E-state index contributed by atoms with van der Waals surface area (Å²) in [5.41, 5.74) is 1.69. The molecule has 4 nitrogen and oxygen atoms in total. The van der Waals surface area contributed by atoms with Gasteiger partial charge in [-0.1, -0.05) is 41.4 Å². The third-order valence-corrected chi connectivity index (χ3v) is 4.20. The van der Waals surface area contributed by atoms with Gasteiger partial charge in [-0.15, -0.1) is 0 Å². The van der Waals surface area contributed by atoms with Gasteiger partial charge in [0.25, 0.3) is 11.8 Å². The van der Waals surface area contributed by atoms with Gasteiger partial charge < -0.3 is 4.74 Å². The van der Waals surface area contributed by atoms with Gasteiger partial charge in [0.05, 0.1) is 30.9 Å². The average molecular weight is 350 g/mol. The number of rotatable bonds is 5. The van der Waals surface area contributed by atoms with E-state index >= 15 is 0 Å². The van der Waals surface area contributed by atoms with Gasteiger partial charge in [-0.05, 0) is 29.8 Å². The molecule has 0 saturated heterocycles. The summed E-state index contributed by atoms with van der Waals surface area (Å²) in [7, 11) is 0. The van der Waals surface area contributed by atoms with Crippen molar-refractivity contribution in [3.05, 3.63) is 69.2 Å². The standard InChI is InChI=1S/C17H13Cl2NO3/c18-12-6-5-11(15(19)9-12)10-23-8-7-20-16(21)13-3-1-2-4-14(13)17(20)22/h1-6,9H,7-8,10H2. The number of carbonyl (C=O) groups excluding carboxylic acids is 2. The zero-order valence-corrected chi connectivity index (χ0v) is 13.6. The van der Waals surface area contributed by atoms with Crippen LogP contribution in [0.1, 0.15) is 26.3 Å². The molecule has 118 valence electrons.